The van der Waals surface area contributed by atoms with Crippen molar-refractivity contribution in [2.24, 2.45) is 0 Å². The smallest absolute Gasteiger partial charge is 0.213 e. The van der Waals surface area contributed by atoms with Crippen molar-refractivity contribution in [3.05, 3.63) is 35.9 Å². The molecule has 0 aromatic heterocycles. The Hall–Kier alpha value is -0.910. The third-order valence-electron chi connectivity index (χ3n) is 3.17. The molecular formula is C13H19NO3S. The van der Waals surface area contributed by atoms with Gasteiger partial charge in [0.2, 0.25) is 10.0 Å². The second kappa shape index (κ2) is 5.82. The van der Waals surface area contributed by atoms with Crippen molar-refractivity contribution in [2.45, 2.75) is 19.4 Å². The fourth-order valence-corrected chi connectivity index (χ4v) is 3.24. The van der Waals surface area contributed by atoms with Crippen LogP contribution in [0.2, 0.25) is 0 Å². The number of hydrogen-bond donors (Lipinski definition) is 0. The van der Waals surface area contributed by atoms with E-state index in [0.29, 0.717) is 19.7 Å². The van der Waals surface area contributed by atoms with Gasteiger partial charge in [-0.25, -0.2) is 8.42 Å². The van der Waals surface area contributed by atoms with Crippen LogP contribution in [0.25, 0.3) is 0 Å². The van der Waals surface area contributed by atoms with Gasteiger partial charge in [0.25, 0.3) is 0 Å². The Kier molecular flexibility index (Phi) is 4.37. The van der Waals surface area contributed by atoms with Crippen LogP contribution < -0.4 is 0 Å². The van der Waals surface area contributed by atoms with E-state index in [1.807, 2.05) is 30.3 Å². The third-order valence-corrected chi connectivity index (χ3v) is 5.01. The standard InChI is InChI=1S/C13H19NO3S/c1-2-18(15,16)14-8-9-17-13(11-14)10-12-6-4-3-5-7-12/h3-7,13H,2,8-11H2,1H3. The zero-order chi connectivity index (χ0) is 13.0. The van der Waals surface area contributed by atoms with E-state index in [4.69, 9.17) is 4.74 Å². The van der Waals surface area contributed by atoms with Gasteiger partial charge in [-0.1, -0.05) is 30.3 Å². The zero-order valence-electron chi connectivity index (χ0n) is 10.6. The molecule has 1 fully saturated rings. The lowest BCUT2D eigenvalue weighted by molar-refractivity contribution is -0.000441. The Morgan fingerprint density at radius 3 is 2.72 bits per heavy atom. The van der Waals surface area contributed by atoms with Crippen molar-refractivity contribution in [1.29, 1.82) is 0 Å². The number of ether oxygens (including phenoxy) is 1. The van der Waals surface area contributed by atoms with E-state index >= 15 is 0 Å². The van der Waals surface area contributed by atoms with Crippen molar-refractivity contribution in [2.75, 3.05) is 25.4 Å². The third kappa shape index (κ3) is 3.31. The van der Waals surface area contributed by atoms with Gasteiger partial charge in [-0.2, -0.15) is 4.31 Å². The van der Waals surface area contributed by atoms with Gasteiger partial charge in [0.1, 0.15) is 0 Å². The molecule has 1 aliphatic heterocycles. The summed E-state index contributed by atoms with van der Waals surface area (Å²) in [5.41, 5.74) is 1.18. The normalized spacial score (nSPS) is 21.9. The molecule has 0 radical (unpaired) electrons. The summed E-state index contributed by atoms with van der Waals surface area (Å²) in [6.07, 6.45) is 0.721. The molecule has 1 aromatic rings. The van der Waals surface area contributed by atoms with E-state index in [2.05, 4.69) is 0 Å². The van der Waals surface area contributed by atoms with Crippen molar-refractivity contribution < 1.29 is 13.2 Å². The molecule has 1 heterocycles. The van der Waals surface area contributed by atoms with Crippen LogP contribution in [0.15, 0.2) is 30.3 Å². The summed E-state index contributed by atoms with van der Waals surface area (Å²) in [5.74, 6) is 0.158. The molecule has 1 aliphatic rings. The van der Waals surface area contributed by atoms with Crippen molar-refractivity contribution in [3.8, 4) is 0 Å². The molecular weight excluding hydrogens is 250 g/mol. The summed E-state index contributed by atoms with van der Waals surface area (Å²) in [5, 5.41) is 0. The highest BCUT2D eigenvalue weighted by atomic mass is 32.2. The molecule has 0 amide bonds. The summed E-state index contributed by atoms with van der Waals surface area (Å²) < 4.78 is 30.8. The fraction of sp³-hybridized carbons (Fsp3) is 0.538. The van der Waals surface area contributed by atoms with Gasteiger partial charge in [-0.3, -0.25) is 0 Å². The molecule has 0 saturated carbocycles. The van der Waals surface area contributed by atoms with Crippen LogP contribution in [-0.4, -0.2) is 44.3 Å². The quantitative estimate of drug-likeness (QED) is 0.827. The van der Waals surface area contributed by atoms with Gasteiger partial charge in [0.15, 0.2) is 0 Å². The molecule has 0 spiro atoms. The predicted molar refractivity (Wildman–Crippen MR) is 70.9 cm³/mol. The highest BCUT2D eigenvalue weighted by Crippen LogP contribution is 2.14. The molecule has 1 atom stereocenters. The molecule has 0 N–H and O–H groups in total. The zero-order valence-corrected chi connectivity index (χ0v) is 11.4. The minimum atomic E-state index is -3.09. The Bertz CT molecular complexity index is 472. The van der Waals surface area contributed by atoms with Crippen molar-refractivity contribution in [1.82, 2.24) is 4.31 Å². The Morgan fingerprint density at radius 1 is 1.33 bits per heavy atom. The first-order valence-corrected chi connectivity index (χ1v) is 7.86. The first-order valence-electron chi connectivity index (χ1n) is 6.25. The van der Waals surface area contributed by atoms with Gasteiger partial charge in [-0.05, 0) is 18.9 Å². The lowest BCUT2D eigenvalue weighted by atomic mass is 10.1. The van der Waals surface area contributed by atoms with Gasteiger partial charge < -0.3 is 4.74 Å². The van der Waals surface area contributed by atoms with Crippen LogP contribution in [0.5, 0.6) is 0 Å². The SMILES string of the molecule is CCS(=O)(=O)N1CCOC(Cc2ccccc2)C1. The van der Waals surface area contributed by atoms with Crippen LogP contribution in [-0.2, 0) is 21.2 Å². The molecule has 4 nitrogen and oxygen atoms in total. The number of sulfonamides is 1. The van der Waals surface area contributed by atoms with E-state index in [1.54, 1.807) is 11.2 Å². The molecule has 0 bridgehead atoms. The van der Waals surface area contributed by atoms with Gasteiger partial charge in [-0.15, -0.1) is 0 Å². The van der Waals surface area contributed by atoms with Crippen molar-refractivity contribution >= 4 is 10.0 Å². The van der Waals surface area contributed by atoms with Crippen LogP contribution in [0.1, 0.15) is 12.5 Å². The maximum atomic E-state index is 11.8. The molecule has 1 unspecified atom stereocenters. The lowest BCUT2D eigenvalue weighted by Gasteiger charge is -2.32. The maximum Gasteiger partial charge on any atom is 0.213 e. The minimum absolute atomic E-state index is 0.0394. The summed E-state index contributed by atoms with van der Waals surface area (Å²) in [6.45, 7) is 3.10. The van der Waals surface area contributed by atoms with Gasteiger partial charge >= 0.3 is 0 Å². The number of morpholine rings is 1. The monoisotopic (exact) mass is 269 g/mol. The highest BCUT2D eigenvalue weighted by Gasteiger charge is 2.28. The Labute approximate surface area is 109 Å². The summed E-state index contributed by atoms with van der Waals surface area (Å²) in [7, 11) is -3.09. The largest absolute Gasteiger partial charge is 0.375 e. The minimum Gasteiger partial charge on any atom is -0.375 e. The topological polar surface area (TPSA) is 46.6 Å². The molecule has 1 saturated heterocycles. The highest BCUT2D eigenvalue weighted by molar-refractivity contribution is 7.89. The van der Waals surface area contributed by atoms with E-state index in [9.17, 15) is 8.42 Å². The van der Waals surface area contributed by atoms with E-state index in [1.165, 1.54) is 5.56 Å². The van der Waals surface area contributed by atoms with Crippen LogP contribution in [0, 0.1) is 0 Å². The van der Waals surface area contributed by atoms with Gasteiger partial charge in [0, 0.05) is 13.1 Å². The molecule has 5 heteroatoms. The Morgan fingerprint density at radius 2 is 2.06 bits per heavy atom. The fourth-order valence-electron chi connectivity index (χ4n) is 2.13. The maximum absolute atomic E-state index is 11.8. The summed E-state index contributed by atoms with van der Waals surface area (Å²) >= 11 is 0. The molecule has 1 aromatic carbocycles. The molecule has 18 heavy (non-hydrogen) atoms. The predicted octanol–water partition coefficient (Wildman–Crippen LogP) is 1.28. The first-order chi connectivity index (χ1) is 8.62. The van der Waals surface area contributed by atoms with Crippen LogP contribution in [0.3, 0.4) is 0 Å². The van der Waals surface area contributed by atoms with Gasteiger partial charge in [0.05, 0.1) is 18.5 Å². The van der Waals surface area contributed by atoms with Crippen LogP contribution >= 0.6 is 0 Å². The Balaban J connectivity index is 1.99. The average Bonchev–Trinajstić information content (AvgIpc) is 2.40. The van der Waals surface area contributed by atoms with E-state index in [0.717, 1.165) is 6.42 Å². The van der Waals surface area contributed by atoms with E-state index < -0.39 is 10.0 Å². The lowest BCUT2D eigenvalue weighted by Crippen LogP contribution is -2.46. The molecule has 2 rings (SSSR count). The number of hydrogen-bond acceptors (Lipinski definition) is 3. The van der Waals surface area contributed by atoms with Crippen molar-refractivity contribution in [3.63, 3.8) is 0 Å². The first kappa shape index (κ1) is 13.5. The number of benzene rings is 1. The second-order valence-corrected chi connectivity index (χ2v) is 6.70. The number of nitrogens with zero attached hydrogens (tertiary/aromatic N) is 1. The summed E-state index contributed by atoms with van der Waals surface area (Å²) in [4.78, 5) is 0. The second-order valence-electron chi connectivity index (χ2n) is 4.44. The molecule has 100 valence electrons. The average molecular weight is 269 g/mol. The van der Waals surface area contributed by atoms with E-state index in [-0.39, 0.29) is 11.9 Å². The van der Waals surface area contributed by atoms with Crippen LogP contribution in [0.4, 0.5) is 0 Å². The molecule has 0 aliphatic carbocycles. The summed E-state index contributed by atoms with van der Waals surface area (Å²) in [6, 6.07) is 10.0. The number of rotatable bonds is 4.